The molecule has 0 fully saturated rings. The van der Waals surface area contributed by atoms with E-state index >= 15 is 0 Å². The van der Waals surface area contributed by atoms with Crippen molar-refractivity contribution in [3.8, 4) is 0 Å². The first kappa shape index (κ1) is 16.8. The third-order valence-corrected chi connectivity index (χ3v) is 5.02. The molecule has 0 saturated heterocycles. The number of amides is 1. The average Bonchev–Trinajstić information content (AvgIpc) is 2.83. The summed E-state index contributed by atoms with van der Waals surface area (Å²) in [6.07, 6.45) is 0. The van der Waals surface area contributed by atoms with Crippen LogP contribution in [0.5, 0.6) is 0 Å². The second-order valence-corrected chi connectivity index (χ2v) is 8.58. The van der Waals surface area contributed by atoms with Gasteiger partial charge in [0.1, 0.15) is 0 Å². The average molecular weight is 336 g/mol. The normalized spacial score (nSPS) is 12.9. The molecule has 2 aromatic rings. The zero-order valence-corrected chi connectivity index (χ0v) is 14.7. The lowest BCUT2D eigenvalue weighted by molar-refractivity contribution is -0.115. The molecule has 5 nitrogen and oxygen atoms in total. The van der Waals surface area contributed by atoms with Crippen LogP contribution in [-0.2, 0) is 10.2 Å². The summed E-state index contributed by atoms with van der Waals surface area (Å²) in [6.45, 7) is 8.31. The molecule has 0 aliphatic rings. The lowest BCUT2D eigenvalue weighted by atomic mass is 9.87. The van der Waals surface area contributed by atoms with Crippen molar-refractivity contribution in [3.63, 3.8) is 0 Å². The molecule has 22 heavy (non-hydrogen) atoms. The van der Waals surface area contributed by atoms with Gasteiger partial charge in [0, 0.05) is 5.69 Å². The van der Waals surface area contributed by atoms with Gasteiger partial charge in [0.25, 0.3) is 0 Å². The van der Waals surface area contributed by atoms with Crippen molar-refractivity contribution < 1.29 is 4.79 Å². The third-order valence-electron chi connectivity index (χ3n) is 3.09. The van der Waals surface area contributed by atoms with Crippen LogP contribution in [0.4, 0.5) is 10.8 Å². The van der Waals surface area contributed by atoms with Crippen LogP contribution in [0.1, 0.15) is 33.3 Å². The fraction of sp³-hybridized carbons (Fsp3) is 0.400. The van der Waals surface area contributed by atoms with E-state index in [1.54, 1.807) is 0 Å². The molecule has 0 aliphatic carbocycles. The van der Waals surface area contributed by atoms with Crippen molar-refractivity contribution in [2.45, 2.75) is 42.7 Å². The van der Waals surface area contributed by atoms with Gasteiger partial charge in [-0.2, -0.15) is 0 Å². The third kappa shape index (κ3) is 4.45. The van der Waals surface area contributed by atoms with Gasteiger partial charge >= 0.3 is 0 Å². The largest absolute Gasteiger partial charge is 0.374 e. The number of nitrogens with two attached hydrogens (primary N) is 1. The van der Waals surface area contributed by atoms with E-state index in [1.165, 1.54) is 28.7 Å². The van der Waals surface area contributed by atoms with Crippen molar-refractivity contribution >= 4 is 39.8 Å². The zero-order chi connectivity index (χ0) is 16.3. The van der Waals surface area contributed by atoms with Gasteiger partial charge in [-0.05, 0) is 30.0 Å². The predicted octanol–water partition coefficient (Wildman–Crippen LogP) is 3.54. The highest BCUT2D eigenvalue weighted by Crippen LogP contribution is 2.28. The van der Waals surface area contributed by atoms with Gasteiger partial charge in [-0.3, -0.25) is 4.79 Å². The monoisotopic (exact) mass is 336 g/mol. The molecule has 1 heterocycles. The number of rotatable bonds is 4. The molecule has 2 rings (SSSR count). The number of hydrogen-bond donors (Lipinski definition) is 2. The summed E-state index contributed by atoms with van der Waals surface area (Å²) in [5.41, 5.74) is 7.66. The van der Waals surface area contributed by atoms with Crippen molar-refractivity contribution in [1.29, 1.82) is 0 Å². The lowest BCUT2D eigenvalue weighted by Crippen LogP contribution is -2.22. The fourth-order valence-electron chi connectivity index (χ4n) is 1.77. The number of nitrogens with zero attached hydrogens (tertiary/aromatic N) is 2. The summed E-state index contributed by atoms with van der Waals surface area (Å²) in [5, 5.41) is 10.7. The summed E-state index contributed by atoms with van der Waals surface area (Å²) >= 11 is 2.64. The van der Waals surface area contributed by atoms with Gasteiger partial charge in [0.2, 0.25) is 11.0 Å². The number of hydrogen-bond acceptors (Lipinski definition) is 6. The van der Waals surface area contributed by atoms with Crippen LogP contribution < -0.4 is 11.1 Å². The first-order valence-electron chi connectivity index (χ1n) is 6.93. The lowest BCUT2D eigenvalue weighted by Gasteiger charge is -2.19. The Labute approximate surface area is 138 Å². The number of nitrogens with one attached hydrogen (secondary N) is 1. The highest BCUT2D eigenvalue weighted by Gasteiger charge is 2.18. The number of benzene rings is 1. The molecular weight excluding hydrogens is 316 g/mol. The Morgan fingerprint density at radius 2 is 1.91 bits per heavy atom. The summed E-state index contributed by atoms with van der Waals surface area (Å²) in [6, 6.07) is 7.94. The van der Waals surface area contributed by atoms with Gasteiger partial charge in [-0.25, -0.2) is 0 Å². The molecular formula is C15H20N4OS2. The maximum Gasteiger partial charge on any atom is 0.237 e. The molecule has 0 aliphatic heterocycles. The molecule has 1 aromatic heterocycles. The van der Waals surface area contributed by atoms with E-state index in [9.17, 15) is 4.79 Å². The minimum Gasteiger partial charge on any atom is -0.374 e. The Morgan fingerprint density at radius 1 is 1.27 bits per heavy atom. The predicted molar refractivity (Wildman–Crippen MR) is 93.4 cm³/mol. The molecule has 118 valence electrons. The van der Waals surface area contributed by atoms with E-state index in [-0.39, 0.29) is 16.6 Å². The van der Waals surface area contributed by atoms with E-state index in [0.717, 1.165) is 5.69 Å². The summed E-state index contributed by atoms with van der Waals surface area (Å²) in [5.74, 6) is -0.0673. The Morgan fingerprint density at radius 3 is 2.41 bits per heavy atom. The molecule has 1 atom stereocenters. The topological polar surface area (TPSA) is 80.9 Å². The van der Waals surface area contributed by atoms with E-state index in [1.807, 2.05) is 31.2 Å². The minimum atomic E-state index is -0.269. The van der Waals surface area contributed by atoms with Crippen LogP contribution >= 0.6 is 23.1 Å². The standard InChI is InChI=1S/C15H20N4OS2/c1-9(21-14-19-18-13(16)22-14)12(20)17-11-7-5-10(6-8-11)15(2,3)4/h5-9H,1-4H3,(H2,16,18)(H,17,20)/t9-/m0/s1. The highest BCUT2D eigenvalue weighted by atomic mass is 32.2. The molecule has 1 aromatic carbocycles. The molecule has 0 spiro atoms. The van der Waals surface area contributed by atoms with E-state index in [4.69, 9.17) is 5.73 Å². The van der Waals surface area contributed by atoms with Crippen molar-refractivity contribution in [2.75, 3.05) is 11.1 Å². The first-order chi connectivity index (χ1) is 10.3. The number of anilines is 2. The van der Waals surface area contributed by atoms with Crippen LogP contribution in [0.2, 0.25) is 0 Å². The van der Waals surface area contributed by atoms with E-state index < -0.39 is 0 Å². The van der Waals surface area contributed by atoms with Gasteiger partial charge in [-0.1, -0.05) is 56.0 Å². The molecule has 7 heteroatoms. The van der Waals surface area contributed by atoms with Crippen molar-refractivity contribution in [1.82, 2.24) is 10.2 Å². The van der Waals surface area contributed by atoms with Crippen molar-refractivity contribution in [3.05, 3.63) is 29.8 Å². The van der Waals surface area contributed by atoms with Gasteiger partial charge in [-0.15, -0.1) is 10.2 Å². The van der Waals surface area contributed by atoms with Crippen LogP contribution in [-0.4, -0.2) is 21.4 Å². The van der Waals surface area contributed by atoms with E-state index in [2.05, 4.69) is 36.3 Å². The molecule has 0 unspecified atom stereocenters. The minimum absolute atomic E-state index is 0.0673. The molecule has 0 radical (unpaired) electrons. The molecule has 0 saturated carbocycles. The number of thioether (sulfide) groups is 1. The summed E-state index contributed by atoms with van der Waals surface area (Å²) < 4.78 is 0.697. The fourth-order valence-corrected chi connectivity index (χ4v) is 3.55. The number of nitrogen functional groups attached to an aromatic ring is 1. The van der Waals surface area contributed by atoms with Crippen LogP contribution in [0.25, 0.3) is 0 Å². The Balaban J connectivity index is 1.96. The Kier molecular flexibility index (Phi) is 5.08. The number of carbonyl (C=O) groups excluding carboxylic acids is 1. The van der Waals surface area contributed by atoms with Gasteiger partial charge in [0.05, 0.1) is 5.25 Å². The summed E-state index contributed by atoms with van der Waals surface area (Å²) in [7, 11) is 0. The van der Waals surface area contributed by atoms with Crippen molar-refractivity contribution in [2.24, 2.45) is 0 Å². The smallest absolute Gasteiger partial charge is 0.237 e. The Hall–Kier alpha value is -1.60. The van der Waals surface area contributed by atoms with Crippen LogP contribution in [0.15, 0.2) is 28.6 Å². The SMILES string of the molecule is C[C@H](Sc1nnc(N)s1)C(=O)Nc1ccc(C(C)(C)C)cc1. The first-order valence-corrected chi connectivity index (χ1v) is 8.62. The van der Waals surface area contributed by atoms with Gasteiger partial charge in [0.15, 0.2) is 4.34 Å². The summed E-state index contributed by atoms with van der Waals surface area (Å²) in [4.78, 5) is 12.2. The van der Waals surface area contributed by atoms with E-state index in [0.29, 0.717) is 9.47 Å². The number of aromatic nitrogens is 2. The Bertz CT molecular complexity index is 646. The molecule has 1 amide bonds. The second-order valence-electron chi connectivity index (χ2n) is 5.98. The van der Waals surface area contributed by atoms with Crippen LogP contribution in [0, 0.1) is 0 Å². The quantitative estimate of drug-likeness (QED) is 0.835. The second kappa shape index (κ2) is 6.66. The highest BCUT2D eigenvalue weighted by molar-refractivity contribution is 8.02. The maximum atomic E-state index is 12.2. The molecule has 0 bridgehead atoms. The van der Waals surface area contributed by atoms with Crippen LogP contribution in [0.3, 0.4) is 0 Å². The molecule has 3 N–H and O–H groups in total. The number of carbonyl (C=O) groups is 1. The van der Waals surface area contributed by atoms with Gasteiger partial charge < -0.3 is 11.1 Å². The maximum absolute atomic E-state index is 12.2. The zero-order valence-electron chi connectivity index (χ0n) is 13.1.